The quantitative estimate of drug-likeness (QED) is 0.764. The Labute approximate surface area is 145 Å². The Hall–Kier alpha value is -3.08. The fourth-order valence-corrected chi connectivity index (χ4v) is 2.95. The van der Waals surface area contributed by atoms with E-state index in [0.717, 1.165) is 16.5 Å². The topological polar surface area (TPSA) is 71.2 Å². The number of ether oxygens (including phenoxy) is 1. The Morgan fingerprint density at radius 2 is 1.88 bits per heavy atom. The van der Waals surface area contributed by atoms with Crippen LogP contribution >= 0.6 is 0 Å². The molecule has 3 rings (SSSR count). The van der Waals surface area contributed by atoms with Crippen molar-refractivity contribution >= 4 is 22.5 Å². The van der Waals surface area contributed by atoms with Gasteiger partial charge in [-0.05, 0) is 55.3 Å². The third kappa shape index (κ3) is 3.26. The molecule has 5 heteroatoms. The highest BCUT2D eigenvalue weighted by Crippen LogP contribution is 2.22. The second kappa shape index (κ2) is 6.81. The van der Waals surface area contributed by atoms with Gasteiger partial charge in [0.1, 0.15) is 5.75 Å². The van der Waals surface area contributed by atoms with E-state index < -0.39 is 0 Å². The molecule has 0 saturated heterocycles. The minimum atomic E-state index is -0.216. The summed E-state index contributed by atoms with van der Waals surface area (Å²) >= 11 is 0. The van der Waals surface area contributed by atoms with Gasteiger partial charge < -0.3 is 15.0 Å². The smallest absolute Gasteiger partial charge is 0.255 e. The van der Waals surface area contributed by atoms with E-state index in [1.807, 2.05) is 26.0 Å². The van der Waals surface area contributed by atoms with E-state index in [4.69, 9.17) is 4.74 Å². The van der Waals surface area contributed by atoms with E-state index >= 15 is 0 Å². The molecule has 0 aliphatic heterocycles. The van der Waals surface area contributed by atoms with Gasteiger partial charge in [0.2, 0.25) is 0 Å². The number of anilines is 1. The number of hydrogen-bond acceptors (Lipinski definition) is 3. The number of H-pyrrole nitrogens is 1. The lowest BCUT2D eigenvalue weighted by Gasteiger charge is -2.10. The normalized spacial score (nSPS) is 10.7. The molecule has 0 saturated carbocycles. The van der Waals surface area contributed by atoms with Crippen molar-refractivity contribution in [3.63, 3.8) is 0 Å². The first kappa shape index (κ1) is 16.8. The van der Waals surface area contributed by atoms with Crippen LogP contribution < -0.4 is 15.6 Å². The first-order chi connectivity index (χ1) is 12.0. The Morgan fingerprint density at radius 1 is 1.16 bits per heavy atom. The molecular weight excluding hydrogens is 316 g/mol. The summed E-state index contributed by atoms with van der Waals surface area (Å²) in [5.41, 5.74) is 3.58. The second-order valence-electron chi connectivity index (χ2n) is 5.85. The van der Waals surface area contributed by atoms with Gasteiger partial charge in [-0.2, -0.15) is 0 Å². The summed E-state index contributed by atoms with van der Waals surface area (Å²) in [6.45, 7) is 3.92. The van der Waals surface area contributed by atoms with Crippen molar-refractivity contribution < 1.29 is 9.53 Å². The lowest BCUT2D eigenvalue weighted by atomic mass is 10.0. The molecule has 0 aliphatic carbocycles. The van der Waals surface area contributed by atoms with Crippen LogP contribution in [0.5, 0.6) is 5.75 Å². The number of methoxy groups -OCH3 is 1. The van der Waals surface area contributed by atoms with Crippen molar-refractivity contribution in [3.05, 3.63) is 69.5 Å². The van der Waals surface area contributed by atoms with Crippen LogP contribution in [0, 0.1) is 6.92 Å². The largest absolute Gasteiger partial charge is 0.497 e. The number of amides is 1. The summed E-state index contributed by atoms with van der Waals surface area (Å²) in [5.74, 6) is 0.480. The molecule has 1 aromatic heterocycles. The highest BCUT2D eigenvalue weighted by molar-refractivity contribution is 6.05. The van der Waals surface area contributed by atoms with Crippen molar-refractivity contribution in [1.29, 1.82) is 0 Å². The molecule has 128 valence electrons. The first-order valence-corrected chi connectivity index (χ1v) is 8.14. The Kier molecular flexibility index (Phi) is 4.57. The number of rotatable bonds is 4. The standard InChI is InChI=1S/C20H20N2O3/c1-4-16-12(2)17-10-7-14(11-18(17)22-20(16)24)21-19(23)13-5-8-15(25-3)9-6-13/h5-11H,4H2,1-3H3,(H,21,23)(H,22,24). The maximum atomic E-state index is 12.4. The molecule has 0 unspecified atom stereocenters. The second-order valence-corrected chi connectivity index (χ2v) is 5.85. The number of carbonyl (C=O) groups is 1. The number of hydrogen-bond donors (Lipinski definition) is 2. The van der Waals surface area contributed by atoms with Gasteiger partial charge >= 0.3 is 0 Å². The van der Waals surface area contributed by atoms with Crippen LogP contribution in [-0.2, 0) is 6.42 Å². The van der Waals surface area contributed by atoms with Crippen LogP contribution in [0.4, 0.5) is 5.69 Å². The SMILES string of the molecule is CCc1c(C)c2ccc(NC(=O)c3ccc(OC)cc3)cc2[nH]c1=O. The molecule has 25 heavy (non-hydrogen) atoms. The predicted molar refractivity (Wildman–Crippen MR) is 99.6 cm³/mol. The van der Waals surface area contributed by atoms with Crippen molar-refractivity contribution in [1.82, 2.24) is 4.98 Å². The highest BCUT2D eigenvalue weighted by Gasteiger charge is 2.10. The van der Waals surface area contributed by atoms with Crippen LogP contribution in [0.2, 0.25) is 0 Å². The highest BCUT2D eigenvalue weighted by atomic mass is 16.5. The van der Waals surface area contributed by atoms with Crippen LogP contribution in [0.3, 0.4) is 0 Å². The molecule has 5 nitrogen and oxygen atoms in total. The van der Waals surface area contributed by atoms with Gasteiger partial charge in [-0.25, -0.2) is 0 Å². The Morgan fingerprint density at radius 3 is 2.52 bits per heavy atom. The van der Waals surface area contributed by atoms with Gasteiger partial charge in [0.25, 0.3) is 11.5 Å². The zero-order valence-electron chi connectivity index (χ0n) is 14.5. The zero-order chi connectivity index (χ0) is 18.0. The maximum absolute atomic E-state index is 12.4. The Bertz CT molecular complexity index is 988. The van der Waals surface area contributed by atoms with E-state index in [2.05, 4.69) is 10.3 Å². The van der Waals surface area contributed by atoms with Gasteiger partial charge in [-0.3, -0.25) is 9.59 Å². The van der Waals surface area contributed by atoms with Gasteiger partial charge in [-0.1, -0.05) is 13.0 Å². The summed E-state index contributed by atoms with van der Waals surface area (Å²) in [6, 6.07) is 12.4. The van der Waals surface area contributed by atoms with E-state index in [-0.39, 0.29) is 11.5 Å². The predicted octanol–water partition coefficient (Wildman–Crippen LogP) is 3.66. The molecule has 0 spiro atoms. The van der Waals surface area contributed by atoms with Gasteiger partial charge in [-0.15, -0.1) is 0 Å². The van der Waals surface area contributed by atoms with Crippen molar-refractivity contribution in [2.75, 3.05) is 12.4 Å². The number of carbonyl (C=O) groups excluding carboxylic acids is 1. The lowest BCUT2D eigenvalue weighted by Crippen LogP contribution is -2.15. The summed E-state index contributed by atoms with van der Waals surface area (Å²) < 4.78 is 5.09. The number of fused-ring (bicyclic) bond motifs is 1. The minimum absolute atomic E-state index is 0.0777. The number of aryl methyl sites for hydroxylation is 1. The van der Waals surface area contributed by atoms with Crippen molar-refractivity contribution in [3.8, 4) is 5.75 Å². The molecule has 2 aromatic carbocycles. The van der Waals surface area contributed by atoms with Gasteiger partial charge in [0.05, 0.1) is 12.6 Å². The molecule has 2 N–H and O–H groups in total. The fourth-order valence-electron chi connectivity index (χ4n) is 2.95. The summed E-state index contributed by atoms with van der Waals surface area (Å²) in [6.07, 6.45) is 0.688. The van der Waals surface area contributed by atoms with Gasteiger partial charge in [0, 0.05) is 22.2 Å². The molecule has 0 bridgehead atoms. The number of aromatic amines is 1. The average Bonchev–Trinajstić information content (AvgIpc) is 2.62. The van der Waals surface area contributed by atoms with E-state index in [0.29, 0.717) is 28.9 Å². The third-order valence-electron chi connectivity index (χ3n) is 4.36. The third-order valence-corrected chi connectivity index (χ3v) is 4.36. The molecule has 0 atom stereocenters. The number of benzene rings is 2. The van der Waals surface area contributed by atoms with Crippen LogP contribution in [0.15, 0.2) is 47.3 Å². The molecule has 1 heterocycles. The monoisotopic (exact) mass is 336 g/mol. The number of pyridine rings is 1. The molecule has 3 aromatic rings. The van der Waals surface area contributed by atoms with Crippen LogP contribution in [0.25, 0.3) is 10.9 Å². The van der Waals surface area contributed by atoms with Crippen molar-refractivity contribution in [2.24, 2.45) is 0 Å². The Balaban J connectivity index is 1.91. The summed E-state index contributed by atoms with van der Waals surface area (Å²) in [4.78, 5) is 27.4. The fraction of sp³-hybridized carbons (Fsp3) is 0.200. The van der Waals surface area contributed by atoms with Crippen molar-refractivity contribution in [2.45, 2.75) is 20.3 Å². The average molecular weight is 336 g/mol. The lowest BCUT2D eigenvalue weighted by molar-refractivity contribution is 0.102. The molecular formula is C20H20N2O3. The van der Waals surface area contributed by atoms with E-state index in [1.54, 1.807) is 37.4 Å². The molecule has 0 radical (unpaired) electrons. The van der Waals surface area contributed by atoms with Crippen LogP contribution in [-0.4, -0.2) is 18.0 Å². The molecule has 0 fully saturated rings. The number of aromatic nitrogens is 1. The molecule has 1 amide bonds. The van der Waals surface area contributed by atoms with E-state index in [9.17, 15) is 9.59 Å². The first-order valence-electron chi connectivity index (χ1n) is 8.14. The molecule has 0 aliphatic rings. The zero-order valence-corrected chi connectivity index (χ0v) is 14.5. The summed E-state index contributed by atoms with van der Waals surface area (Å²) in [7, 11) is 1.58. The van der Waals surface area contributed by atoms with Gasteiger partial charge in [0.15, 0.2) is 0 Å². The maximum Gasteiger partial charge on any atom is 0.255 e. The summed E-state index contributed by atoms with van der Waals surface area (Å²) in [5, 5.41) is 3.84. The van der Waals surface area contributed by atoms with E-state index in [1.165, 1.54) is 0 Å². The van der Waals surface area contributed by atoms with Crippen LogP contribution in [0.1, 0.15) is 28.4 Å². The number of nitrogens with one attached hydrogen (secondary N) is 2. The minimum Gasteiger partial charge on any atom is -0.497 e.